The molecule has 6 heteroatoms. The second-order valence-electron chi connectivity index (χ2n) is 7.86. The summed E-state index contributed by atoms with van der Waals surface area (Å²) in [5.41, 5.74) is 6.21. The van der Waals surface area contributed by atoms with E-state index < -0.39 is 0 Å². The molecular formula is C25H29N3O3. The smallest absolute Gasteiger partial charge is 0.138 e. The fourth-order valence-corrected chi connectivity index (χ4v) is 4.06. The number of aliphatic hydroxyl groups is 2. The maximum absolute atomic E-state index is 9.02. The zero-order valence-corrected chi connectivity index (χ0v) is 17.7. The lowest BCUT2D eigenvalue weighted by Crippen LogP contribution is -2.17. The Morgan fingerprint density at radius 1 is 1.13 bits per heavy atom. The van der Waals surface area contributed by atoms with E-state index in [2.05, 4.69) is 45.3 Å². The van der Waals surface area contributed by atoms with Crippen LogP contribution in [0.5, 0.6) is 0 Å². The van der Waals surface area contributed by atoms with Crippen LogP contribution in [-0.2, 0) is 11.2 Å². The van der Waals surface area contributed by atoms with Crippen molar-refractivity contribution >= 4 is 16.7 Å². The molecule has 1 aliphatic rings. The molecule has 31 heavy (non-hydrogen) atoms. The average molecular weight is 420 g/mol. The Bertz CT molecular complexity index is 1060. The Kier molecular flexibility index (Phi) is 7.21. The number of aromatic amines is 1. The SMILES string of the molecule is OCCC#Cc1cnc2[nH]c(-c3ccc(NCCO)cc3)c(CC3CCOCC3)c2c1. The van der Waals surface area contributed by atoms with Crippen LogP contribution in [0, 0.1) is 17.8 Å². The van der Waals surface area contributed by atoms with E-state index in [9.17, 15) is 0 Å². The Hall–Kier alpha value is -2.85. The third-order valence-corrected chi connectivity index (χ3v) is 5.68. The number of ether oxygens (including phenoxy) is 1. The van der Waals surface area contributed by atoms with Gasteiger partial charge in [0.2, 0.25) is 0 Å². The summed E-state index contributed by atoms with van der Waals surface area (Å²) in [7, 11) is 0. The van der Waals surface area contributed by atoms with Crippen LogP contribution in [0.2, 0.25) is 0 Å². The number of benzene rings is 1. The molecule has 0 bridgehead atoms. The minimum atomic E-state index is 0.0646. The summed E-state index contributed by atoms with van der Waals surface area (Å²) in [4.78, 5) is 8.17. The van der Waals surface area contributed by atoms with Gasteiger partial charge in [0, 0.05) is 49.0 Å². The lowest BCUT2D eigenvalue weighted by Gasteiger charge is -2.22. The van der Waals surface area contributed by atoms with Gasteiger partial charge in [-0.25, -0.2) is 4.98 Å². The molecule has 4 rings (SSSR count). The second kappa shape index (κ2) is 10.5. The number of H-pyrrole nitrogens is 1. The van der Waals surface area contributed by atoms with Crippen molar-refractivity contribution < 1.29 is 14.9 Å². The number of pyridine rings is 1. The standard InChI is InChI=1S/C25H29N3O3/c29-11-2-1-3-19-16-23-22(15-18-8-13-31-14-9-18)24(28-25(23)27-17-19)20-4-6-21(7-5-20)26-10-12-30/h4-7,16-18,26,29-30H,2,8-15H2,(H,27,28). The lowest BCUT2D eigenvalue weighted by molar-refractivity contribution is 0.0666. The van der Waals surface area contributed by atoms with E-state index in [-0.39, 0.29) is 13.2 Å². The van der Waals surface area contributed by atoms with E-state index in [4.69, 9.17) is 14.9 Å². The molecule has 3 aromatic rings. The van der Waals surface area contributed by atoms with Crippen LogP contribution in [0.25, 0.3) is 22.3 Å². The molecule has 0 amide bonds. The summed E-state index contributed by atoms with van der Waals surface area (Å²) >= 11 is 0. The lowest BCUT2D eigenvalue weighted by atomic mass is 9.90. The fraction of sp³-hybridized carbons (Fsp3) is 0.400. The number of nitrogens with one attached hydrogen (secondary N) is 2. The van der Waals surface area contributed by atoms with Crippen molar-refractivity contribution in [3.8, 4) is 23.1 Å². The number of hydrogen-bond donors (Lipinski definition) is 4. The molecule has 0 atom stereocenters. The molecule has 0 aliphatic carbocycles. The molecule has 1 aromatic carbocycles. The summed E-state index contributed by atoms with van der Waals surface area (Å²) in [5.74, 6) is 6.68. The highest BCUT2D eigenvalue weighted by molar-refractivity contribution is 5.89. The van der Waals surface area contributed by atoms with Gasteiger partial charge in [-0.1, -0.05) is 24.0 Å². The summed E-state index contributed by atoms with van der Waals surface area (Å²) in [6.45, 7) is 2.35. The Morgan fingerprint density at radius 2 is 1.94 bits per heavy atom. The molecule has 162 valence electrons. The van der Waals surface area contributed by atoms with Crippen LogP contribution in [0.3, 0.4) is 0 Å². The first kappa shape index (κ1) is 21.4. The quantitative estimate of drug-likeness (QED) is 0.441. The van der Waals surface area contributed by atoms with E-state index in [1.807, 2.05) is 12.1 Å². The van der Waals surface area contributed by atoms with Crippen molar-refractivity contribution in [2.45, 2.75) is 25.7 Å². The monoisotopic (exact) mass is 419 g/mol. The van der Waals surface area contributed by atoms with Gasteiger partial charge in [0.15, 0.2) is 0 Å². The zero-order chi connectivity index (χ0) is 21.5. The summed E-state index contributed by atoms with van der Waals surface area (Å²) in [6.07, 6.45) is 5.35. The van der Waals surface area contributed by atoms with Gasteiger partial charge in [0.1, 0.15) is 5.65 Å². The van der Waals surface area contributed by atoms with E-state index in [0.717, 1.165) is 66.0 Å². The van der Waals surface area contributed by atoms with E-state index >= 15 is 0 Å². The molecule has 1 aliphatic heterocycles. The van der Waals surface area contributed by atoms with Gasteiger partial charge in [-0.15, -0.1) is 0 Å². The van der Waals surface area contributed by atoms with Crippen molar-refractivity contribution in [3.05, 3.63) is 47.7 Å². The summed E-state index contributed by atoms with van der Waals surface area (Å²) < 4.78 is 5.56. The van der Waals surface area contributed by atoms with Crippen molar-refractivity contribution in [3.63, 3.8) is 0 Å². The molecule has 0 unspecified atom stereocenters. The maximum atomic E-state index is 9.02. The van der Waals surface area contributed by atoms with Crippen LogP contribution < -0.4 is 5.32 Å². The highest BCUT2D eigenvalue weighted by Gasteiger charge is 2.21. The van der Waals surface area contributed by atoms with Gasteiger partial charge >= 0.3 is 0 Å². The van der Waals surface area contributed by atoms with E-state index in [0.29, 0.717) is 18.9 Å². The topological polar surface area (TPSA) is 90.4 Å². The minimum absolute atomic E-state index is 0.0646. The normalized spacial score (nSPS) is 14.4. The highest BCUT2D eigenvalue weighted by atomic mass is 16.5. The van der Waals surface area contributed by atoms with Crippen LogP contribution in [0.4, 0.5) is 5.69 Å². The predicted molar refractivity (Wildman–Crippen MR) is 123 cm³/mol. The Labute approximate surface area is 182 Å². The number of nitrogens with zero attached hydrogens (tertiary/aromatic N) is 1. The van der Waals surface area contributed by atoms with Gasteiger partial charge in [-0.05, 0) is 54.5 Å². The number of anilines is 1. The first-order valence-electron chi connectivity index (χ1n) is 10.9. The number of fused-ring (bicyclic) bond motifs is 1. The van der Waals surface area contributed by atoms with Crippen molar-refractivity contribution in [2.24, 2.45) is 5.92 Å². The van der Waals surface area contributed by atoms with Crippen molar-refractivity contribution in [2.75, 3.05) is 38.3 Å². The Morgan fingerprint density at radius 3 is 2.68 bits per heavy atom. The van der Waals surface area contributed by atoms with E-state index in [1.54, 1.807) is 6.20 Å². The fourth-order valence-electron chi connectivity index (χ4n) is 4.06. The first-order chi connectivity index (χ1) is 15.3. The molecule has 1 fully saturated rings. The van der Waals surface area contributed by atoms with Gasteiger partial charge < -0.3 is 25.3 Å². The molecule has 6 nitrogen and oxygen atoms in total. The van der Waals surface area contributed by atoms with Crippen LogP contribution >= 0.6 is 0 Å². The van der Waals surface area contributed by atoms with Gasteiger partial charge in [0.25, 0.3) is 0 Å². The molecular weight excluding hydrogens is 390 g/mol. The summed E-state index contributed by atoms with van der Waals surface area (Å²) in [6, 6.07) is 10.4. The minimum Gasteiger partial charge on any atom is -0.395 e. The Balaban J connectivity index is 1.72. The third kappa shape index (κ3) is 5.26. The molecule has 0 saturated carbocycles. The van der Waals surface area contributed by atoms with Gasteiger partial charge in [-0.3, -0.25) is 0 Å². The zero-order valence-electron chi connectivity index (χ0n) is 17.7. The summed E-state index contributed by atoms with van der Waals surface area (Å²) in [5, 5.41) is 22.3. The molecule has 1 saturated heterocycles. The average Bonchev–Trinajstić information content (AvgIpc) is 3.16. The van der Waals surface area contributed by atoms with Crippen LogP contribution in [0.1, 0.15) is 30.4 Å². The third-order valence-electron chi connectivity index (χ3n) is 5.68. The van der Waals surface area contributed by atoms with Crippen LogP contribution in [0.15, 0.2) is 36.5 Å². The number of rotatable bonds is 7. The molecule has 2 aromatic heterocycles. The molecule has 4 N–H and O–H groups in total. The van der Waals surface area contributed by atoms with Gasteiger partial charge in [0.05, 0.1) is 18.9 Å². The number of aliphatic hydroxyl groups excluding tert-OH is 2. The molecule has 3 heterocycles. The maximum Gasteiger partial charge on any atom is 0.138 e. The molecule has 0 radical (unpaired) electrons. The van der Waals surface area contributed by atoms with Crippen LogP contribution in [-0.4, -0.2) is 53.2 Å². The second-order valence-corrected chi connectivity index (χ2v) is 7.86. The highest BCUT2D eigenvalue weighted by Crippen LogP contribution is 2.34. The number of hydrogen-bond acceptors (Lipinski definition) is 5. The predicted octanol–water partition coefficient (Wildman–Crippen LogP) is 3.34. The van der Waals surface area contributed by atoms with Crippen molar-refractivity contribution in [1.82, 2.24) is 9.97 Å². The van der Waals surface area contributed by atoms with Crippen molar-refractivity contribution in [1.29, 1.82) is 0 Å². The molecule has 0 spiro atoms. The first-order valence-corrected chi connectivity index (χ1v) is 10.9. The largest absolute Gasteiger partial charge is 0.395 e. The van der Waals surface area contributed by atoms with Gasteiger partial charge in [-0.2, -0.15) is 0 Å². The van der Waals surface area contributed by atoms with E-state index in [1.165, 1.54) is 5.56 Å². The number of aromatic nitrogens is 2.